The summed E-state index contributed by atoms with van der Waals surface area (Å²) in [4.78, 5) is 26.0. The third kappa shape index (κ3) is 4.95. The van der Waals surface area contributed by atoms with E-state index in [1.165, 1.54) is 12.3 Å². The van der Waals surface area contributed by atoms with Crippen LogP contribution in [0.15, 0.2) is 12.3 Å². The maximum atomic E-state index is 11.5. The first-order chi connectivity index (χ1) is 8.69. The Morgan fingerprint density at radius 2 is 2.05 bits per heavy atom. The van der Waals surface area contributed by atoms with Crippen molar-refractivity contribution in [1.82, 2.24) is 10.3 Å². The average molecular weight is 266 g/mol. The third-order valence-electron chi connectivity index (χ3n) is 2.26. The number of nitrogens with one attached hydrogen (secondary N) is 1. The molecule has 0 radical (unpaired) electrons. The first-order valence-corrected chi connectivity index (χ1v) is 5.85. The predicted molar refractivity (Wildman–Crippen MR) is 69.0 cm³/mol. The van der Waals surface area contributed by atoms with Crippen LogP contribution in [0, 0.1) is 6.92 Å². The zero-order valence-corrected chi connectivity index (χ0v) is 11.5. The summed E-state index contributed by atoms with van der Waals surface area (Å²) in [6.45, 7) is 7.34. The maximum Gasteiger partial charge on any atom is 0.407 e. The third-order valence-corrected chi connectivity index (χ3v) is 2.26. The lowest BCUT2D eigenvalue weighted by Crippen LogP contribution is -2.32. The van der Waals surface area contributed by atoms with Crippen molar-refractivity contribution in [2.24, 2.45) is 0 Å². The molecule has 0 aliphatic carbocycles. The normalized spacial score (nSPS) is 10.9. The smallest absolute Gasteiger partial charge is 0.407 e. The number of nitrogens with zero attached hydrogens (tertiary/aromatic N) is 1. The SMILES string of the molecule is Cc1cc(C(=O)O)ncc1CNC(=O)OC(C)(C)C. The molecule has 0 bridgehead atoms. The van der Waals surface area contributed by atoms with Gasteiger partial charge in [0.1, 0.15) is 11.3 Å². The minimum Gasteiger partial charge on any atom is -0.477 e. The molecular formula is C13H18N2O4. The average Bonchev–Trinajstić information content (AvgIpc) is 2.24. The van der Waals surface area contributed by atoms with Gasteiger partial charge in [0.15, 0.2) is 0 Å². The Balaban J connectivity index is 2.64. The number of pyridine rings is 1. The zero-order valence-electron chi connectivity index (χ0n) is 11.5. The Labute approximate surface area is 111 Å². The predicted octanol–water partition coefficient (Wildman–Crippen LogP) is 2.11. The van der Waals surface area contributed by atoms with Crippen molar-refractivity contribution < 1.29 is 19.4 Å². The van der Waals surface area contributed by atoms with Crippen molar-refractivity contribution in [3.8, 4) is 0 Å². The van der Waals surface area contributed by atoms with E-state index in [-0.39, 0.29) is 12.2 Å². The largest absolute Gasteiger partial charge is 0.477 e. The highest BCUT2D eigenvalue weighted by molar-refractivity contribution is 5.85. The Morgan fingerprint density at radius 1 is 1.42 bits per heavy atom. The van der Waals surface area contributed by atoms with Crippen molar-refractivity contribution in [3.63, 3.8) is 0 Å². The van der Waals surface area contributed by atoms with Crippen LogP contribution >= 0.6 is 0 Å². The number of amides is 1. The Kier molecular flexibility index (Phi) is 4.47. The minimum atomic E-state index is -1.07. The summed E-state index contributed by atoms with van der Waals surface area (Å²) < 4.78 is 5.10. The fourth-order valence-corrected chi connectivity index (χ4v) is 1.37. The van der Waals surface area contributed by atoms with Crippen LogP contribution in [0.25, 0.3) is 0 Å². The number of aryl methyl sites for hydroxylation is 1. The van der Waals surface area contributed by atoms with Gasteiger partial charge in [-0.05, 0) is 44.9 Å². The topological polar surface area (TPSA) is 88.5 Å². The first kappa shape index (κ1) is 14.9. The second-order valence-corrected chi connectivity index (χ2v) is 5.16. The number of carboxylic acid groups (broad SMARTS) is 1. The summed E-state index contributed by atoms with van der Waals surface area (Å²) in [6.07, 6.45) is 0.921. The van der Waals surface area contributed by atoms with Crippen molar-refractivity contribution in [1.29, 1.82) is 0 Å². The van der Waals surface area contributed by atoms with E-state index in [1.54, 1.807) is 27.7 Å². The van der Waals surface area contributed by atoms with Crippen LogP contribution in [0.1, 0.15) is 42.4 Å². The van der Waals surface area contributed by atoms with Crippen molar-refractivity contribution in [2.45, 2.75) is 39.8 Å². The lowest BCUT2D eigenvalue weighted by atomic mass is 10.1. The summed E-state index contributed by atoms with van der Waals surface area (Å²) in [5, 5.41) is 11.4. The summed E-state index contributed by atoms with van der Waals surface area (Å²) >= 11 is 0. The molecule has 0 saturated carbocycles. The molecule has 6 heteroatoms. The van der Waals surface area contributed by atoms with Crippen molar-refractivity contribution in [2.75, 3.05) is 0 Å². The second kappa shape index (κ2) is 5.69. The number of carboxylic acids is 1. The molecule has 2 N–H and O–H groups in total. The van der Waals surface area contributed by atoms with E-state index in [1.807, 2.05) is 0 Å². The highest BCUT2D eigenvalue weighted by Gasteiger charge is 2.16. The molecule has 1 heterocycles. The van der Waals surface area contributed by atoms with Gasteiger partial charge in [0, 0.05) is 12.7 Å². The van der Waals surface area contributed by atoms with Gasteiger partial charge >= 0.3 is 12.1 Å². The fourth-order valence-electron chi connectivity index (χ4n) is 1.37. The van der Waals surface area contributed by atoms with E-state index < -0.39 is 17.7 Å². The minimum absolute atomic E-state index is 0.0153. The lowest BCUT2D eigenvalue weighted by molar-refractivity contribution is 0.0522. The van der Waals surface area contributed by atoms with Crippen molar-refractivity contribution >= 4 is 12.1 Å². The molecule has 1 amide bonds. The Morgan fingerprint density at radius 3 is 2.53 bits per heavy atom. The number of hydrogen-bond donors (Lipinski definition) is 2. The number of hydrogen-bond acceptors (Lipinski definition) is 4. The molecule has 19 heavy (non-hydrogen) atoms. The van der Waals surface area contributed by atoms with Gasteiger partial charge < -0.3 is 15.2 Å². The summed E-state index contributed by atoms with van der Waals surface area (Å²) in [5.41, 5.74) is 0.933. The standard InChI is InChI=1S/C13H18N2O4/c1-8-5-10(11(16)17)14-6-9(8)7-15-12(18)19-13(2,3)4/h5-6H,7H2,1-4H3,(H,15,18)(H,16,17). The quantitative estimate of drug-likeness (QED) is 0.874. The van der Waals surface area contributed by atoms with Gasteiger partial charge in [-0.1, -0.05) is 0 Å². The maximum absolute atomic E-state index is 11.5. The highest BCUT2D eigenvalue weighted by Crippen LogP contribution is 2.10. The lowest BCUT2D eigenvalue weighted by Gasteiger charge is -2.19. The first-order valence-electron chi connectivity index (χ1n) is 5.85. The van der Waals surface area contributed by atoms with Crippen LogP contribution < -0.4 is 5.32 Å². The van der Waals surface area contributed by atoms with Crippen LogP contribution in [0.5, 0.6) is 0 Å². The summed E-state index contributed by atoms with van der Waals surface area (Å²) in [5.74, 6) is -1.07. The van der Waals surface area contributed by atoms with E-state index in [0.29, 0.717) is 0 Å². The molecule has 1 rings (SSSR count). The van der Waals surface area contributed by atoms with E-state index in [2.05, 4.69) is 10.3 Å². The van der Waals surface area contributed by atoms with E-state index >= 15 is 0 Å². The Hall–Kier alpha value is -2.11. The molecule has 1 aromatic heterocycles. The van der Waals surface area contributed by atoms with Gasteiger partial charge in [0.25, 0.3) is 0 Å². The Bertz CT molecular complexity index is 492. The van der Waals surface area contributed by atoms with Gasteiger partial charge in [0.2, 0.25) is 0 Å². The zero-order chi connectivity index (χ0) is 14.6. The van der Waals surface area contributed by atoms with Crippen LogP contribution in [0.4, 0.5) is 4.79 Å². The van der Waals surface area contributed by atoms with Crippen LogP contribution in [0.2, 0.25) is 0 Å². The fraction of sp³-hybridized carbons (Fsp3) is 0.462. The summed E-state index contributed by atoms with van der Waals surface area (Å²) in [7, 11) is 0. The number of ether oxygens (including phenoxy) is 1. The van der Waals surface area contributed by atoms with E-state index in [4.69, 9.17) is 9.84 Å². The molecule has 0 saturated heterocycles. The molecule has 0 unspecified atom stereocenters. The number of carbonyl (C=O) groups is 2. The number of alkyl carbamates (subject to hydrolysis) is 1. The number of aromatic carboxylic acids is 1. The number of aromatic nitrogens is 1. The summed E-state index contributed by atoms with van der Waals surface area (Å²) in [6, 6.07) is 1.47. The molecule has 0 aliphatic heterocycles. The second-order valence-electron chi connectivity index (χ2n) is 5.16. The number of rotatable bonds is 3. The molecule has 0 atom stereocenters. The molecule has 104 valence electrons. The molecule has 6 nitrogen and oxygen atoms in total. The highest BCUT2D eigenvalue weighted by atomic mass is 16.6. The van der Waals surface area contributed by atoms with Crippen molar-refractivity contribution in [3.05, 3.63) is 29.1 Å². The molecule has 0 fully saturated rings. The van der Waals surface area contributed by atoms with Gasteiger partial charge in [-0.25, -0.2) is 14.6 Å². The van der Waals surface area contributed by atoms with E-state index in [9.17, 15) is 9.59 Å². The molecule has 0 aromatic carbocycles. The van der Waals surface area contributed by atoms with Crippen LogP contribution in [-0.2, 0) is 11.3 Å². The van der Waals surface area contributed by atoms with Gasteiger partial charge in [-0.2, -0.15) is 0 Å². The van der Waals surface area contributed by atoms with Gasteiger partial charge in [-0.3, -0.25) is 0 Å². The molecule has 0 aliphatic rings. The van der Waals surface area contributed by atoms with Gasteiger partial charge in [-0.15, -0.1) is 0 Å². The van der Waals surface area contributed by atoms with Crippen LogP contribution in [0.3, 0.4) is 0 Å². The molecule has 1 aromatic rings. The molecular weight excluding hydrogens is 248 g/mol. The molecule has 0 spiro atoms. The number of carbonyl (C=O) groups excluding carboxylic acids is 1. The van der Waals surface area contributed by atoms with E-state index in [0.717, 1.165) is 11.1 Å². The monoisotopic (exact) mass is 266 g/mol. The van der Waals surface area contributed by atoms with Crippen LogP contribution in [-0.4, -0.2) is 27.8 Å². The van der Waals surface area contributed by atoms with Gasteiger partial charge in [0.05, 0.1) is 0 Å².